The van der Waals surface area contributed by atoms with E-state index in [9.17, 15) is 5.11 Å². The summed E-state index contributed by atoms with van der Waals surface area (Å²) in [7, 11) is 0. The van der Waals surface area contributed by atoms with Gasteiger partial charge in [-0.2, -0.15) is 0 Å². The molecule has 1 aromatic rings. The van der Waals surface area contributed by atoms with Crippen molar-refractivity contribution < 1.29 is 5.11 Å². The molecular weight excluding hydrogens is 316 g/mol. The van der Waals surface area contributed by atoms with Gasteiger partial charge < -0.3 is 5.11 Å². The summed E-state index contributed by atoms with van der Waals surface area (Å²) >= 11 is 0. The highest BCUT2D eigenvalue weighted by Crippen LogP contribution is 2.28. The number of aromatic hydroxyl groups is 1. The van der Waals surface area contributed by atoms with Gasteiger partial charge >= 0.3 is 0 Å². The second kappa shape index (κ2) is 11.0. The highest BCUT2D eigenvalue weighted by atomic mass is 16.3. The Morgan fingerprint density at radius 1 is 0.769 bits per heavy atom. The van der Waals surface area contributed by atoms with Crippen LogP contribution < -0.4 is 0 Å². The molecular formula is C25H44O. The molecule has 0 radical (unpaired) electrons. The van der Waals surface area contributed by atoms with E-state index in [1.807, 2.05) is 6.07 Å². The Kier molecular flexibility index (Phi) is 9.75. The summed E-state index contributed by atoms with van der Waals surface area (Å²) in [5.41, 5.74) is 3.33. The SMILES string of the molecule is CCC(C)(C)CCCCCCc1ccc(CCCCC(C)(C)C)cc1O. The van der Waals surface area contributed by atoms with E-state index in [1.165, 1.54) is 63.4 Å². The fourth-order valence-electron chi connectivity index (χ4n) is 3.41. The van der Waals surface area contributed by atoms with Crippen LogP contribution in [0.4, 0.5) is 0 Å². The third kappa shape index (κ3) is 10.2. The molecule has 26 heavy (non-hydrogen) atoms. The smallest absolute Gasteiger partial charge is 0.119 e. The molecule has 0 saturated heterocycles. The van der Waals surface area contributed by atoms with Gasteiger partial charge in [0.05, 0.1) is 0 Å². The third-order valence-electron chi connectivity index (χ3n) is 5.80. The minimum atomic E-state index is 0.429. The minimum absolute atomic E-state index is 0.429. The van der Waals surface area contributed by atoms with Crippen LogP contribution in [0, 0.1) is 10.8 Å². The molecule has 1 heteroatoms. The molecule has 0 bridgehead atoms. The van der Waals surface area contributed by atoms with Gasteiger partial charge in [-0.15, -0.1) is 0 Å². The summed E-state index contributed by atoms with van der Waals surface area (Å²) in [6.45, 7) is 13.9. The molecule has 0 aliphatic carbocycles. The molecule has 0 amide bonds. The zero-order valence-electron chi connectivity index (χ0n) is 18.5. The first-order chi connectivity index (χ1) is 12.1. The quantitative estimate of drug-likeness (QED) is 0.373. The average molecular weight is 361 g/mol. The molecule has 0 spiro atoms. The van der Waals surface area contributed by atoms with Crippen LogP contribution >= 0.6 is 0 Å². The molecule has 0 saturated carbocycles. The number of benzene rings is 1. The molecule has 1 N–H and O–H groups in total. The van der Waals surface area contributed by atoms with Crippen LogP contribution in [0.15, 0.2) is 18.2 Å². The van der Waals surface area contributed by atoms with E-state index >= 15 is 0 Å². The molecule has 0 unspecified atom stereocenters. The fourth-order valence-corrected chi connectivity index (χ4v) is 3.41. The Hall–Kier alpha value is -0.980. The van der Waals surface area contributed by atoms with Crippen molar-refractivity contribution in [1.82, 2.24) is 0 Å². The molecule has 0 heterocycles. The van der Waals surface area contributed by atoms with Gasteiger partial charge in [-0.05, 0) is 66.5 Å². The van der Waals surface area contributed by atoms with Crippen LogP contribution in [0.1, 0.15) is 110 Å². The molecule has 0 aliphatic heterocycles. The summed E-state index contributed by atoms with van der Waals surface area (Å²) < 4.78 is 0. The fraction of sp³-hybridized carbons (Fsp3) is 0.760. The van der Waals surface area contributed by atoms with Gasteiger partial charge in [0.15, 0.2) is 0 Å². The van der Waals surface area contributed by atoms with E-state index in [4.69, 9.17) is 0 Å². The van der Waals surface area contributed by atoms with Crippen LogP contribution in [0.5, 0.6) is 5.75 Å². The second-order valence-corrected chi connectivity index (χ2v) is 10.2. The minimum Gasteiger partial charge on any atom is -0.508 e. The van der Waals surface area contributed by atoms with Gasteiger partial charge in [0, 0.05) is 0 Å². The number of hydrogen-bond acceptors (Lipinski definition) is 1. The number of rotatable bonds is 12. The monoisotopic (exact) mass is 360 g/mol. The van der Waals surface area contributed by atoms with E-state index in [1.54, 1.807) is 0 Å². The predicted molar refractivity (Wildman–Crippen MR) is 116 cm³/mol. The number of phenols is 1. The first-order valence-electron chi connectivity index (χ1n) is 10.9. The Labute approximate surface area is 163 Å². The largest absolute Gasteiger partial charge is 0.508 e. The van der Waals surface area contributed by atoms with Crippen molar-refractivity contribution >= 4 is 0 Å². The highest BCUT2D eigenvalue weighted by Gasteiger charge is 2.13. The van der Waals surface area contributed by atoms with Gasteiger partial charge in [0.1, 0.15) is 5.75 Å². The van der Waals surface area contributed by atoms with Gasteiger partial charge in [-0.1, -0.05) is 85.8 Å². The van der Waals surface area contributed by atoms with Crippen LogP contribution in [-0.2, 0) is 12.8 Å². The number of aryl methyl sites for hydroxylation is 2. The number of hydrogen-bond donors (Lipinski definition) is 1. The normalized spacial score (nSPS) is 12.5. The van der Waals surface area contributed by atoms with E-state index in [2.05, 4.69) is 53.7 Å². The highest BCUT2D eigenvalue weighted by molar-refractivity contribution is 5.36. The average Bonchev–Trinajstić information content (AvgIpc) is 2.55. The van der Waals surface area contributed by atoms with Crippen molar-refractivity contribution in [2.75, 3.05) is 0 Å². The third-order valence-corrected chi connectivity index (χ3v) is 5.80. The summed E-state index contributed by atoms with van der Waals surface area (Å²) in [5.74, 6) is 0.505. The van der Waals surface area contributed by atoms with Crippen molar-refractivity contribution in [3.63, 3.8) is 0 Å². The molecule has 1 rings (SSSR count). The number of unbranched alkanes of at least 4 members (excludes halogenated alkanes) is 4. The molecule has 0 atom stereocenters. The van der Waals surface area contributed by atoms with Crippen molar-refractivity contribution in [3.05, 3.63) is 29.3 Å². The van der Waals surface area contributed by atoms with E-state index in [0.717, 1.165) is 18.4 Å². The lowest BCUT2D eigenvalue weighted by Crippen LogP contribution is -2.08. The Bertz CT molecular complexity index is 507. The lowest BCUT2D eigenvalue weighted by molar-refractivity contribution is 0.307. The molecule has 150 valence electrons. The first-order valence-corrected chi connectivity index (χ1v) is 10.9. The van der Waals surface area contributed by atoms with Gasteiger partial charge in [-0.3, -0.25) is 0 Å². The van der Waals surface area contributed by atoms with Gasteiger partial charge in [0.2, 0.25) is 0 Å². The molecule has 0 aliphatic rings. The lowest BCUT2D eigenvalue weighted by atomic mass is 9.84. The first kappa shape index (κ1) is 23.1. The standard InChI is InChI=1S/C25H44O/c1-7-25(5,6)19-12-9-8-10-15-22-17-16-21(20-23(22)26)14-11-13-18-24(2,3)4/h16-17,20,26H,7-15,18-19H2,1-6H3. The van der Waals surface area contributed by atoms with Crippen LogP contribution in [0.25, 0.3) is 0 Å². The summed E-state index contributed by atoms with van der Waals surface area (Å²) in [6.07, 6.45) is 13.5. The molecule has 1 nitrogen and oxygen atoms in total. The maximum atomic E-state index is 10.3. The Balaban J connectivity index is 2.26. The topological polar surface area (TPSA) is 20.2 Å². The lowest BCUT2D eigenvalue weighted by Gasteiger charge is -2.22. The zero-order valence-corrected chi connectivity index (χ0v) is 18.5. The number of phenolic OH excluding ortho intramolecular Hbond substituents is 1. The van der Waals surface area contributed by atoms with E-state index < -0.39 is 0 Å². The maximum Gasteiger partial charge on any atom is 0.119 e. The second-order valence-electron chi connectivity index (χ2n) is 10.2. The molecule has 1 aromatic carbocycles. The Morgan fingerprint density at radius 2 is 1.38 bits per heavy atom. The molecule has 0 aromatic heterocycles. The van der Waals surface area contributed by atoms with Crippen LogP contribution in [0.3, 0.4) is 0 Å². The van der Waals surface area contributed by atoms with Gasteiger partial charge in [0.25, 0.3) is 0 Å². The maximum absolute atomic E-state index is 10.3. The summed E-state index contributed by atoms with van der Waals surface area (Å²) in [6, 6.07) is 6.36. The van der Waals surface area contributed by atoms with Crippen LogP contribution in [-0.4, -0.2) is 5.11 Å². The summed E-state index contributed by atoms with van der Waals surface area (Å²) in [5, 5.41) is 10.3. The van der Waals surface area contributed by atoms with Crippen molar-refractivity contribution in [2.45, 2.75) is 112 Å². The van der Waals surface area contributed by atoms with E-state index in [-0.39, 0.29) is 0 Å². The zero-order chi connectivity index (χ0) is 19.6. The molecule has 0 fully saturated rings. The van der Waals surface area contributed by atoms with Crippen molar-refractivity contribution in [2.24, 2.45) is 10.8 Å². The van der Waals surface area contributed by atoms with Crippen LogP contribution in [0.2, 0.25) is 0 Å². The Morgan fingerprint density at radius 3 is 2.00 bits per heavy atom. The van der Waals surface area contributed by atoms with E-state index in [0.29, 0.717) is 16.6 Å². The summed E-state index contributed by atoms with van der Waals surface area (Å²) in [4.78, 5) is 0. The van der Waals surface area contributed by atoms with Crippen molar-refractivity contribution in [3.8, 4) is 5.75 Å². The van der Waals surface area contributed by atoms with Crippen molar-refractivity contribution in [1.29, 1.82) is 0 Å². The van der Waals surface area contributed by atoms with Gasteiger partial charge in [-0.25, -0.2) is 0 Å². The predicted octanol–water partition coefficient (Wildman–Crippen LogP) is 8.08.